The van der Waals surface area contributed by atoms with E-state index in [1.807, 2.05) is 0 Å². The van der Waals surface area contributed by atoms with Crippen molar-refractivity contribution >= 4 is 21.7 Å². The number of anilines is 1. The molecule has 2 N–H and O–H groups in total. The van der Waals surface area contributed by atoms with E-state index in [1.54, 1.807) is 0 Å². The van der Waals surface area contributed by atoms with Crippen LogP contribution >= 0.6 is 0 Å². The van der Waals surface area contributed by atoms with Crippen LogP contribution in [-0.2, 0) is 10.0 Å². The van der Waals surface area contributed by atoms with Crippen molar-refractivity contribution < 1.29 is 18.3 Å². The first-order valence-electron chi connectivity index (χ1n) is 5.38. The summed E-state index contributed by atoms with van der Waals surface area (Å²) in [5.74, 6) is -1.05. The van der Waals surface area contributed by atoms with Gasteiger partial charge in [0, 0.05) is 19.4 Å². The molecule has 0 unspecified atom stereocenters. The largest absolute Gasteiger partial charge is 0.478 e. The molecule has 0 saturated carbocycles. The summed E-state index contributed by atoms with van der Waals surface area (Å²) in [4.78, 5) is 13.6. The predicted molar refractivity (Wildman–Crippen MR) is 69.8 cm³/mol. The van der Waals surface area contributed by atoms with Gasteiger partial charge >= 0.3 is 5.97 Å². The molecule has 0 fully saturated rings. The van der Waals surface area contributed by atoms with E-state index in [0.29, 0.717) is 5.69 Å². The first kappa shape index (κ1) is 13.2. The number of nitrogens with one attached hydrogen (secondary N) is 1. The molecule has 100 valence electrons. The van der Waals surface area contributed by atoms with Gasteiger partial charge in [-0.25, -0.2) is 13.2 Å². The van der Waals surface area contributed by atoms with Crippen LogP contribution in [0, 0.1) is 0 Å². The van der Waals surface area contributed by atoms with Gasteiger partial charge in [-0.2, -0.15) is 0 Å². The van der Waals surface area contributed by atoms with Crippen molar-refractivity contribution in [1.82, 2.24) is 4.98 Å². The summed E-state index contributed by atoms with van der Waals surface area (Å²) < 4.78 is 25.5. The molecule has 0 aliphatic rings. The van der Waals surface area contributed by atoms with Crippen molar-refractivity contribution in [3.05, 3.63) is 48.3 Å². The highest BCUT2D eigenvalue weighted by atomic mass is 32.2. The second-order valence-corrected chi connectivity index (χ2v) is 5.84. The highest BCUT2D eigenvalue weighted by Crippen LogP contribution is 2.21. The molecular formula is C12H12N2O4S. The molecule has 0 amide bonds. The molecule has 0 spiro atoms. The van der Waals surface area contributed by atoms with Crippen LogP contribution in [0.4, 0.5) is 5.69 Å². The number of carbonyl (C=O) groups is 1. The summed E-state index contributed by atoms with van der Waals surface area (Å²) in [5.41, 5.74) is 0.502. The molecule has 1 aromatic carbocycles. The quantitative estimate of drug-likeness (QED) is 0.888. The molecule has 0 atom stereocenters. The maximum atomic E-state index is 12.2. The van der Waals surface area contributed by atoms with Gasteiger partial charge in [0.25, 0.3) is 10.0 Å². The third kappa shape index (κ3) is 2.45. The van der Waals surface area contributed by atoms with Crippen LogP contribution in [0.3, 0.4) is 0 Å². The van der Waals surface area contributed by atoms with Gasteiger partial charge in [-0.1, -0.05) is 0 Å². The standard InChI is InChI=1S/C12H12N2O4S/c1-14(19(17,18)11-6-7-13-8-11)10-4-2-9(3-5-10)12(15)16/h2-8,13H,1H3,(H,15,16). The second kappa shape index (κ2) is 4.77. The molecule has 6 nitrogen and oxygen atoms in total. The van der Waals surface area contributed by atoms with Crippen molar-refractivity contribution in [3.8, 4) is 0 Å². The van der Waals surface area contributed by atoms with Crippen molar-refractivity contribution in [2.24, 2.45) is 0 Å². The number of carboxylic acids is 1. The first-order chi connectivity index (χ1) is 8.93. The van der Waals surface area contributed by atoms with Gasteiger partial charge in [0.15, 0.2) is 0 Å². The van der Waals surface area contributed by atoms with Crippen LogP contribution < -0.4 is 4.31 Å². The molecule has 2 aromatic rings. The number of aromatic amines is 1. The fourth-order valence-corrected chi connectivity index (χ4v) is 2.75. The number of hydrogen-bond acceptors (Lipinski definition) is 3. The summed E-state index contributed by atoms with van der Waals surface area (Å²) in [6.07, 6.45) is 2.91. The molecular weight excluding hydrogens is 268 g/mol. The number of benzene rings is 1. The Morgan fingerprint density at radius 2 is 1.84 bits per heavy atom. The maximum absolute atomic E-state index is 12.2. The first-order valence-corrected chi connectivity index (χ1v) is 6.82. The Bertz CT molecular complexity index is 675. The number of H-pyrrole nitrogens is 1. The zero-order valence-electron chi connectivity index (χ0n) is 10.1. The zero-order valence-corrected chi connectivity index (χ0v) is 10.9. The van der Waals surface area contributed by atoms with Gasteiger partial charge in [0.2, 0.25) is 0 Å². The lowest BCUT2D eigenvalue weighted by atomic mass is 10.2. The van der Waals surface area contributed by atoms with Gasteiger partial charge in [-0.15, -0.1) is 0 Å². The molecule has 0 aliphatic heterocycles. The summed E-state index contributed by atoms with van der Waals surface area (Å²) >= 11 is 0. The Balaban J connectivity index is 2.34. The number of sulfonamides is 1. The molecule has 0 aliphatic carbocycles. The van der Waals surface area contributed by atoms with E-state index in [4.69, 9.17) is 5.11 Å². The van der Waals surface area contributed by atoms with E-state index in [2.05, 4.69) is 4.98 Å². The maximum Gasteiger partial charge on any atom is 0.335 e. The molecule has 0 bridgehead atoms. The van der Waals surface area contributed by atoms with Crippen LogP contribution in [0.25, 0.3) is 0 Å². The number of rotatable bonds is 4. The van der Waals surface area contributed by atoms with Crippen molar-refractivity contribution in [3.63, 3.8) is 0 Å². The number of carboxylic acid groups (broad SMARTS) is 1. The topological polar surface area (TPSA) is 90.5 Å². The Hall–Kier alpha value is -2.28. The summed E-state index contributed by atoms with van der Waals surface area (Å²) in [5, 5.41) is 8.79. The minimum absolute atomic E-state index is 0.108. The third-order valence-electron chi connectivity index (χ3n) is 2.71. The van der Waals surface area contributed by atoms with Crippen molar-refractivity contribution in [1.29, 1.82) is 0 Å². The van der Waals surface area contributed by atoms with Gasteiger partial charge < -0.3 is 10.1 Å². The van der Waals surface area contributed by atoms with E-state index in [-0.39, 0.29) is 10.5 Å². The molecule has 0 saturated heterocycles. The number of nitrogens with zero attached hydrogens (tertiary/aromatic N) is 1. The summed E-state index contributed by atoms with van der Waals surface area (Å²) in [6.45, 7) is 0. The number of aromatic nitrogens is 1. The van der Waals surface area contributed by atoms with Crippen LogP contribution in [0.2, 0.25) is 0 Å². The van der Waals surface area contributed by atoms with E-state index in [1.165, 1.54) is 49.8 Å². The Labute approximate surface area is 110 Å². The minimum Gasteiger partial charge on any atom is -0.478 e. The van der Waals surface area contributed by atoms with E-state index >= 15 is 0 Å². The average Bonchev–Trinajstić information content (AvgIpc) is 2.92. The third-order valence-corrected chi connectivity index (χ3v) is 4.49. The molecule has 19 heavy (non-hydrogen) atoms. The molecule has 0 radical (unpaired) electrons. The monoisotopic (exact) mass is 280 g/mol. The van der Waals surface area contributed by atoms with Gasteiger partial charge in [0.1, 0.15) is 4.90 Å². The van der Waals surface area contributed by atoms with Crippen LogP contribution in [0.5, 0.6) is 0 Å². The molecule has 7 heteroatoms. The highest BCUT2D eigenvalue weighted by molar-refractivity contribution is 7.92. The van der Waals surface area contributed by atoms with Gasteiger partial charge in [0.05, 0.1) is 11.3 Å². The highest BCUT2D eigenvalue weighted by Gasteiger charge is 2.21. The average molecular weight is 280 g/mol. The fraction of sp³-hybridized carbons (Fsp3) is 0.0833. The number of hydrogen-bond donors (Lipinski definition) is 2. The minimum atomic E-state index is -3.63. The fourth-order valence-electron chi connectivity index (χ4n) is 1.58. The Kier molecular flexibility index (Phi) is 3.30. The van der Waals surface area contributed by atoms with Gasteiger partial charge in [-0.05, 0) is 30.3 Å². The summed E-state index contributed by atoms with van der Waals surface area (Å²) in [6, 6.07) is 7.08. The van der Waals surface area contributed by atoms with Crippen LogP contribution in [0.1, 0.15) is 10.4 Å². The Morgan fingerprint density at radius 1 is 1.21 bits per heavy atom. The normalized spacial score (nSPS) is 11.2. The SMILES string of the molecule is CN(c1ccc(C(=O)O)cc1)S(=O)(=O)c1cc[nH]c1. The van der Waals surface area contributed by atoms with E-state index < -0.39 is 16.0 Å². The lowest BCUT2D eigenvalue weighted by molar-refractivity contribution is 0.0697. The van der Waals surface area contributed by atoms with Crippen LogP contribution in [0.15, 0.2) is 47.6 Å². The Morgan fingerprint density at radius 3 is 2.32 bits per heavy atom. The molecule has 1 aromatic heterocycles. The smallest absolute Gasteiger partial charge is 0.335 e. The van der Waals surface area contributed by atoms with Crippen molar-refractivity contribution in [2.45, 2.75) is 4.90 Å². The predicted octanol–water partition coefficient (Wildman–Crippen LogP) is 1.54. The molecule has 2 rings (SSSR count). The van der Waals surface area contributed by atoms with E-state index in [9.17, 15) is 13.2 Å². The van der Waals surface area contributed by atoms with Crippen LogP contribution in [-0.4, -0.2) is 31.5 Å². The second-order valence-electron chi connectivity index (χ2n) is 3.87. The van der Waals surface area contributed by atoms with E-state index in [0.717, 1.165) is 4.31 Å². The van der Waals surface area contributed by atoms with Crippen molar-refractivity contribution in [2.75, 3.05) is 11.4 Å². The lowest BCUT2D eigenvalue weighted by Crippen LogP contribution is -2.26. The lowest BCUT2D eigenvalue weighted by Gasteiger charge is -2.18. The summed E-state index contributed by atoms with van der Waals surface area (Å²) in [7, 11) is -2.21. The van der Waals surface area contributed by atoms with Gasteiger partial charge in [-0.3, -0.25) is 4.31 Å². The molecule has 1 heterocycles. The zero-order chi connectivity index (χ0) is 14.0. The number of aromatic carboxylic acids is 1.